The maximum Gasteiger partial charge on any atom is 0.279 e. The molecule has 1 aliphatic rings. The number of rotatable bonds is 6. The third-order valence-electron chi connectivity index (χ3n) is 4.41. The first kappa shape index (κ1) is 19.1. The van der Waals surface area contributed by atoms with Crippen molar-refractivity contribution in [2.75, 3.05) is 24.5 Å². The number of alkyl halides is 2. The predicted octanol–water partition coefficient (Wildman–Crippen LogP) is 1.29. The smallest absolute Gasteiger partial charge is 0.279 e. The first-order valence-corrected chi connectivity index (χ1v) is 8.60. The lowest BCUT2D eigenvalue weighted by Crippen LogP contribution is -2.58. The van der Waals surface area contributed by atoms with Crippen LogP contribution in [0.15, 0.2) is 24.7 Å². The Kier molecular flexibility index (Phi) is 5.87. The number of nitrogens with zero attached hydrogens (tertiary/aromatic N) is 4. The van der Waals surface area contributed by atoms with Crippen molar-refractivity contribution in [2.24, 2.45) is 5.73 Å². The van der Waals surface area contributed by atoms with E-state index in [0.29, 0.717) is 23.8 Å². The van der Waals surface area contributed by atoms with Crippen LogP contribution in [0.1, 0.15) is 12.7 Å². The molecule has 0 spiro atoms. The van der Waals surface area contributed by atoms with Gasteiger partial charge in [-0.1, -0.05) is 0 Å². The van der Waals surface area contributed by atoms with Gasteiger partial charge >= 0.3 is 0 Å². The molecule has 0 amide bonds. The Hall–Kier alpha value is -2.72. The van der Waals surface area contributed by atoms with E-state index in [1.165, 1.54) is 12.4 Å². The minimum Gasteiger partial charge on any atom is -0.351 e. The van der Waals surface area contributed by atoms with Crippen LogP contribution < -0.4 is 16.0 Å². The molecule has 2 atom stereocenters. The lowest BCUT2D eigenvalue weighted by molar-refractivity contribution is 0.226. The van der Waals surface area contributed by atoms with Crippen LogP contribution in [-0.4, -0.2) is 63.8 Å². The first-order valence-electron chi connectivity index (χ1n) is 8.60. The molecule has 27 heavy (non-hydrogen) atoms. The molecule has 1 aliphatic heterocycles. The van der Waals surface area contributed by atoms with Crippen LogP contribution in [0.2, 0.25) is 0 Å². The number of H-pyrrole nitrogens is 1. The third kappa shape index (κ3) is 4.52. The number of nitrogens with two attached hydrogens (primary N) is 1. The van der Waals surface area contributed by atoms with Gasteiger partial charge in [-0.2, -0.15) is 0 Å². The number of imidazole rings is 1. The highest BCUT2D eigenvalue weighted by Gasteiger charge is 2.25. The maximum atomic E-state index is 12.4. The van der Waals surface area contributed by atoms with E-state index in [1.807, 2.05) is 6.07 Å². The quantitative estimate of drug-likeness (QED) is 0.564. The number of aromatic amines is 1. The van der Waals surface area contributed by atoms with Gasteiger partial charge in [0.15, 0.2) is 0 Å². The Morgan fingerprint density at radius 3 is 3.00 bits per heavy atom. The minimum atomic E-state index is -2.81. The summed E-state index contributed by atoms with van der Waals surface area (Å²) in [6.07, 6.45) is 2.61. The van der Waals surface area contributed by atoms with Gasteiger partial charge in [-0.25, -0.2) is 23.7 Å². The van der Waals surface area contributed by atoms with Crippen LogP contribution in [0, 0.1) is 5.41 Å². The van der Waals surface area contributed by atoms with Crippen molar-refractivity contribution in [2.45, 2.75) is 25.4 Å². The van der Waals surface area contributed by atoms with E-state index in [-0.39, 0.29) is 12.1 Å². The first-order chi connectivity index (χ1) is 13.0. The lowest BCUT2D eigenvalue weighted by atomic mass is 10.1. The van der Waals surface area contributed by atoms with Crippen molar-refractivity contribution >= 4 is 17.6 Å². The van der Waals surface area contributed by atoms with Gasteiger partial charge in [-0.15, -0.1) is 0 Å². The number of halogens is 2. The van der Waals surface area contributed by atoms with E-state index in [9.17, 15) is 8.78 Å². The summed E-state index contributed by atoms with van der Waals surface area (Å²) in [5.41, 5.74) is 6.30. The lowest BCUT2D eigenvalue weighted by Gasteiger charge is -2.39. The van der Waals surface area contributed by atoms with Gasteiger partial charge in [-0.3, -0.25) is 5.41 Å². The van der Waals surface area contributed by atoms with Crippen molar-refractivity contribution in [3.63, 3.8) is 0 Å². The van der Waals surface area contributed by atoms with Crippen LogP contribution >= 0.6 is 0 Å². The normalized spacial score (nSPS) is 20.6. The standard InChI is InChI=1S/C17H22F2N8/c1-10-6-22-11(5-20)8-27(10)16-4-13(24-9-25-16)14-7-23-15(26-14)3-2-12(21)17(18)19/h2-4,7,9-11,17,21-22H,5-6,8,20H2,1H3,(H,23,26)/b3-2-,21-12?. The van der Waals surface area contributed by atoms with Crippen molar-refractivity contribution in [3.05, 3.63) is 30.5 Å². The molecule has 0 aromatic carbocycles. The highest BCUT2D eigenvalue weighted by atomic mass is 19.3. The average Bonchev–Trinajstić information content (AvgIpc) is 3.15. The molecular weight excluding hydrogens is 354 g/mol. The molecule has 0 bridgehead atoms. The molecule has 0 radical (unpaired) electrons. The molecule has 0 saturated carbocycles. The molecule has 1 saturated heterocycles. The van der Waals surface area contributed by atoms with Gasteiger partial charge in [-0.05, 0) is 19.1 Å². The minimum absolute atomic E-state index is 0.202. The fourth-order valence-corrected chi connectivity index (χ4v) is 2.85. The topological polar surface area (TPSA) is 120 Å². The predicted molar refractivity (Wildman–Crippen MR) is 100 cm³/mol. The van der Waals surface area contributed by atoms with E-state index in [1.54, 1.807) is 6.20 Å². The molecule has 2 aromatic heterocycles. The highest BCUT2D eigenvalue weighted by molar-refractivity contribution is 5.97. The third-order valence-corrected chi connectivity index (χ3v) is 4.41. The van der Waals surface area contributed by atoms with Crippen molar-refractivity contribution in [1.82, 2.24) is 25.3 Å². The molecule has 0 aliphatic carbocycles. The van der Waals surface area contributed by atoms with E-state index in [0.717, 1.165) is 25.0 Å². The molecule has 8 nitrogen and oxygen atoms in total. The molecule has 144 valence electrons. The summed E-state index contributed by atoms with van der Waals surface area (Å²) in [5.74, 6) is 1.16. The van der Waals surface area contributed by atoms with Gasteiger partial charge in [0.1, 0.15) is 18.0 Å². The summed E-state index contributed by atoms with van der Waals surface area (Å²) in [4.78, 5) is 18.0. The molecule has 10 heteroatoms. The van der Waals surface area contributed by atoms with Crippen LogP contribution in [0.5, 0.6) is 0 Å². The average molecular weight is 376 g/mol. The summed E-state index contributed by atoms with van der Waals surface area (Å²) >= 11 is 0. The number of piperazine rings is 1. The molecule has 3 rings (SSSR count). The molecule has 5 N–H and O–H groups in total. The Morgan fingerprint density at radius 2 is 2.26 bits per heavy atom. The summed E-state index contributed by atoms with van der Waals surface area (Å²) in [7, 11) is 0. The number of anilines is 1. The Balaban J connectivity index is 1.79. The number of nitrogens with one attached hydrogen (secondary N) is 3. The second-order valence-corrected chi connectivity index (χ2v) is 6.38. The summed E-state index contributed by atoms with van der Waals surface area (Å²) in [5, 5.41) is 10.5. The monoisotopic (exact) mass is 376 g/mol. The van der Waals surface area contributed by atoms with Gasteiger partial charge in [0.25, 0.3) is 6.43 Å². The summed E-state index contributed by atoms with van der Waals surface area (Å²) in [6, 6.07) is 2.32. The zero-order valence-corrected chi connectivity index (χ0v) is 14.9. The van der Waals surface area contributed by atoms with E-state index in [2.05, 4.69) is 37.1 Å². The second-order valence-electron chi connectivity index (χ2n) is 6.38. The highest BCUT2D eigenvalue weighted by Crippen LogP contribution is 2.22. The molecular formula is C17H22F2N8. The van der Waals surface area contributed by atoms with Crippen LogP contribution in [-0.2, 0) is 0 Å². The Bertz CT molecular complexity index is 819. The van der Waals surface area contributed by atoms with Gasteiger partial charge in [0, 0.05) is 37.8 Å². The second kappa shape index (κ2) is 8.31. The van der Waals surface area contributed by atoms with E-state index < -0.39 is 12.1 Å². The number of hydrogen-bond donors (Lipinski definition) is 4. The van der Waals surface area contributed by atoms with E-state index in [4.69, 9.17) is 11.1 Å². The molecule has 2 aromatic rings. The summed E-state index contributed by atoms with van der Waals surface area (Å²) < 4.78 is 24.7. The van der Waals surface area contributed by atoms with Gasteiger partial charge < -0.3 is 20.9 Å². The van der Waals surface area contributed by atoms with Crippen LogP contribution in [0.3, 0.4) is 0 Å². The Morgan fingerprint density at radius 1 is 1.44 bits per heavy atom. The van der Waals surface area contributed by atoms with Gasteiger partial charge in [0.2, 0.25) is 0 Å². The number of aromatic nitrogens is 4. The fourth-order valence-electron chi connectivity index (χ4n) is 2.85. The van der Waals surface area contributed by atoms with Gasteiger partial charge in [0.05, 0.1) is 23.3 Å². The van der Waals surface area contributed by atoms with Crippen molar-refractivity contribution in [1.29, 1.82) is 5.41 Å². The summed E-state index contributed by atoms with van der Waals surface area (Å²) in [6.45, 7) is 4.22. The molecule has 3 heterocycles. The molecule has 1 fully saturated rings. The largest absolute Gasteiger partial charge is 0.351 e. The molecule has 2 unspecified atom stereocenters. The fraction of sp³-hybridized carbons (Fsp3) is 0.412. The zero-order valence-electron chi connectivity index (χ0n) is 14.9. The maximum absolute atomic E-state index is 12.4. The van der Waals surface area contributed by atoms with Crippen molar-refractivity contribution < 1.29 is 8.78 Å². The SMILES string of the molecule is CC1CNC(CN)CN1c1cc(-c2cnc(/C=C\C(=N)C(F)F)[nH]2)ncn1. The van der Waals surface area contributed by atoms with Crippen molar-refractivity contribution in [3.8, 4) is 11.4 Å². The number of hydrogen-bond acceptors (Lipinski definition) is 7. The number of allylic oxidation sites excluding steroid dienone is 1. The Labute approximate surface area is 155 Å². The zero-order chi connectivity index (χ0) is 19.4. The van der Waals surface area contributed by atoms with Crippen LogP contribution in [0.25, 0.3) is 17.5 Å². The van der Waals surface area contributed by atoms with E-state index >= 15 is 0 Å². The van der Waals surface area contributed by atoms with Crippen LogP contribution in [0.4, 0.5) is 14.6 Å².